The van der Waals surface area contributed by atoms with E-state index in [2.05, 4.69) is 0 Å². The number of hydrogen-bond donors (Lipinski definition) is 1. The van der Waals surface area contributed by atoms with Crippen LogP contribution in [0, 0.1) is 5.92 Å². The lowest BCUT2D eigenvalue weighted by molar-refractivity contribution is 0.182. The average molecular weight is 240 g/mol. The maximum absolute atomic E-state index is 6.14. The molecule has 1 aromatic rings. The Morgan fingerprint density at radius 1 is 1.44 bits per heavy atom. The Labute approximate surface area is 102 Å². The molecule has 16 heavy (non-hydrogen) atoms. The van der Waals surface area contributed by atoms with E-state index in [4.69, 9.17) is 22.1 Å². The van der Waals surface area contributed by atoms with E-state index < -0.39 is 0 Å². The van der Waals surface area contributed by atoms with Crippen molar-refractivity contribution < 1.29 is 4.74 Å². The zero-order valence-corrected chi connectivity index (χ0v) is 10.1. The number of rotatable bonds is 4. The molecule has 1 fully saturated rings. The van der Waals surface area contributed by atoms with E-state index in [1.807, 2.05) is 24.3 Å². The van der Waals surface area contributed by atoms with Gasteiger partial charge in [-0.15, -0.1) is 0 Å². The highest BCUT2D eigenvalue weighted by atomic mass is 35.5. The second-order valence-electron chi connectivity index (χ2n) is 4.52. The van der Waals surface area contributed by atoms with Crippen molar-refractivity contribution in [1.29, 1.82) is 0 Å². The number of halogens is 1. The Morgan fingerprint density at radius 2 is 2.25 bits per heavy atom. The molecule has 1 saturated heterocycles. The van der Waals surface area contributed by atoms with Crippen LogP contribution in [-0.2, 0) is 11.2 Å². The molecule has 1 aliphatic heterocycles. The van der Waals surface area contributed by atoms with E-state index in [-0.39, 0.29) is 6.04 Å². The summed E-state index contributed by atoms with van der Waals surface area (Å²) in [6, 6.07) is 8.11. The summed E-state index contributed by atoms with van der Waals surface area (Å²) in [5.74, 6) is 0.637. The van der Waals surface area contributed by atoms with Crippen LogP contribution in [0.15, 0.2) is 24.3 Å². The quantitative estimate of drug-likeness (QED) is 0.877. The molecular weight excluding hydrogens is 222 g/mol. The summed E-state index contributed by atoms with van der Waals surface area (Å²) < 4.78 is 5.35. The molecule has 2 atom stereocenters. The van der Waals surface area contributed by atoms with Crippen LogP contribution in [0.5, 0.6) is 0 Å². The first-order valence-corrected chi connectivity index (χ1v) is 6.20. The molecule has 3 heteroatoms. The standard InChI is InChI=1S/C13H18ClNO/c14-13-4-2-1-3-11(13)8-12(15)7-10-5-6-16-9-10/h1-4,10,12H,5-9,15H2. The monoisotopic (exact) mass is 239 g/mol. The molecule has 0 amide bonds. The van der Waals surface area contributed by atoms with E-state index in [1.165, 1.54) is 0 Å². The van der Waals surface area contributed by atoms with Crippen molar-refractivity contribution in [3.05, 3.63) is 34.9 Å². The number of hydrogen-bond acceptors (Lipinski definition) is 2. The van der Waals surface area contributed by atoms with Crippen molar-refractivity contribution in [1.82, 2.24) is 0 Å². The largest absolute Gasteiger partial charge is 0.381 e. The summed E-state index contributed by atoms with van der Waals surface area (Å²) in [6.45, 7) is 1.76. The molecule has 2 unspecified atom stereocenters. The normalized spacial score (nSPS) is 22.2. The Hall–Kier alpha value is -0.570. The van der Waals surface area contributed by atoms with Crippen molar-refractivity contribution in [3.8, 4) is 0 Å². The molecule has 0 aliphatic carbocycles. The van der Waals surface area contributed by atoms with Gasteiger partial charge in [0.2, 0.25) is 0 Å². The summed E-state index contributed by atoms with van der Waals surface area (Å²) in [7, 11) is 0. The molecule has 0 bridgehead atoms. The van der Waals surface area contributed by atoms with Crippen LogP contribution in [0.2, 0.25) is 5.02 Å². The Bertz CT molecular complexity index is 336. The second kappa shape index (κ2) is 5.67. The first kappa shape index (κ1) is 11.9. The molecule has 2 nitrogen and oxygen atoms in total. The Morgan fingerprint density at radius 3 is 2.94 bits per heavy atom. The van der Waals surface area contributed by atoms with Gasteiger partial charge in [-0.3, -0.25) is 0 Å². The van der Waals surface area contributed by atoms with Gasteiger partial charge in [-0.05, 0) is 36.8 Å². The van der Waals surface area contributed by atoms with Gasteiger partial charge in [0, 0.05) is 24.3 Å². The molecule has 88 valence electrons. The van der Waals surface area contributed by atoms with Gasteiger partial charge in [-0.25, -0.2) is 0 Å². The number of benzene rings is 1. The molecule has 1 heterocycles. The molecule has 2 N–H and O–H groups in total. The van der Waals surface area contributed by atoms with Gasteiger partial charge in [0.15, 0.2) is 0 Å². The van der Waals surface area contributed by atoms with Crippen molar-refractivity contribution in [3.63, 3.8) is 0 Å². The minimum absolute atomic E-state index is 0.187. The highest BCUT2D eigenvalue weighted by molar-refractivity contribution is 6.31. The summed E-state index contributed by atoms with van der Waals surface area (Å²) in [6.07, 6.45) is 3.04. The SMILES string of the molecule is NC(Cc1ccccc1Cl)CC1CCOC1. The van der Waals surface area contributed by atoms with E-state index in [0.717, 1.165) is 43.1 Å². The van der Waals surface area contributed by atoms with Crippen LogP contribution in [0.25, 0.3) is 0 Å². The number of nitrogens with two attached hydrogens (primary N) is 1. The third kappa shape index (κ3) is 3.21. The molecule has 0 spiro atoms. The van der Waals surface area contributed by atoms with Gasteiger partial charge < -0.3 is 10.5 Å². The van der Waals surface area contributed by atoms with Crippen molar-refractivity contribution in [2.45, 2.75) is 25.3 Å². The predicted octanol–water partition coefficient (Wildman–Crippen LogP) is 2.64. The lowest BCUT2D eigenvalue weighted by Crippen LogP contribution is -2.26. The fourth-order valence-corrected chi connectivity index (χ4v) is 2.44. The fraction of sp³-hybridized carbons (Fsp3) is 0.538. The van der Waals surface area contributed by atoms with Gasteiger partial charge in [-0.2, -0.15) is 0 Å². The van der Waals surface area contributed by atoms with E-state index >= 15 is 0 Å². The van der Waals surface area contributed by atoms with Crippen molar-refractivity contribution >= 4 is 11.6 Å². The molecule has 0 aromatic heterocycles. The highest BCUT2D eigenvalue weighted by Crippen LogP contribution is 2.21. The average Bonchev–Trinajstić information content (AvgIpc) is 2.74. The first-order chi connectivity index (χ1) is 7.75. The van der Waals surface area contributed by atoms with Gasteiger partial charge in [-0.1, -0.05) is 29.8 Å². The van der Waals surface area contributed by atoms with Gasteiger partial charge in [0.05, 0.1) is 0 Å². The van der Waals surface area contributed by atoms with Crippen LogP contribution in [0.4, 0.5) is 0 Å². The van der Waals surface area contributed by atoms with Crippen LogP contribution in [0.1, 0.15) is 18.4 Å². The summed E-state index contributed by atoms with van der Waals surface area (Å²) >= 11 is 6.10. The topological polar surface area (TPSA) is 35.2 Å². The zero-order chi connectivity index (χ0) is 11.4. The zero-order valence-electron chi connectivity index (χ0n) is 9.36. The van der Waals surface area contributed by atoms with Gasteiger partial charge in [0.1, 0.15) is 0 Å². The van der Waals surface area contributed by atoms with Gasteiger partial charge >= 0.3 is 0 Å². The smallest absolute Gasteiger partial charge is 0.0495 e. The third-order valence-corrected chi connectivity index (χ3v) is 3.47. The lowest BCUT2D eigenvalue weighted by atomic mass is 9.95. The lowest BCUT2D eigenvalue weighted by Gasteiger charge is -2.16. The molecule has 0 saturated carbocycles. The Balaban J connectivity index is 1.86. The maximum Gasteiger partial charge on any atom is 0.0495 e. The Kier molecular flexibility index (Phi) is 4.22. The van der Waals surface area contributed by atoms with Crippen molar-refractivity contribution in [2.24, 2.45) is 11.7 Å². The first-order valence-electron chi connectivity index (χ1n) is 5.82. The van der Waals surface area contributed by atoms with Gasteiger partial charge in [0.25, 0.3) is 0 Å². The molecule has 1 aromatic carbocycles. The minimum Gasteiger partial charge on any atom is -0.381 e. The van der Waals surface area contributed by atoms with Crippen LogP contribution in [-0.4, -0.2) is 19.3 Å². The second-order valence-corrected chi connectivity index (χ2v) is 4.93. The third-order valence-electron chi connectivity index (χ3n) is 3.10. The highest BCUT2D eigenvalue weighted by Gasteiger charge is 2.19. The molecule has 1 aliphatic rings. The molecular formula is C13H18ClNO. The van der Waals surface area contributed by atoms with Crippen LogP contribution in [0.3, 0.4) is 0 Å². The van der Waals surface area contributed by atoms with E-state index in [0.29, 0.717) is 5.92 Å². The maximum atomic E-state index is 6.14. The fourth-order valence-electron chi connectivity index (χ4n) is 2.23. The summed E-state index contributed by atoms with van der Waals surface area (Å²) in [5.41, 5.74) is 7.29. The summed E-state index contributed by atoms with van der Waals surface area (Å²) in [4.78, 5) is 0. The predicted molar refractivity (Wildman–Crippen MR) is 66.7 cm³/mol. The molecule has 0 radical (unpaired) electrons. The van der Waals surface area contributed by atoms with Crippen LogP contribution >= 0.6 is 11.6 Å². The van der Waals surface area contributed by atoms with Crippen LogP contribution < -0.4 is 5.73 Å². The number of ether oxygens (including phenoxy) is 1. The summed E-state index contributed by atoms with van der Waals surface area (Å²) in [5, 5.41) is 0.820. The van der Waals surface area contributed by atoms with E-state index in [1.54, 1.807) is 0 Å². The minimum atomic E-state index is 0.187. The van der Waals surface area contributed by atoms with E-state index in [9.17, 15) is 0 Å². The van der Waals surface area contributed by atoms with Crippen molar-refractivity contribution in [2.75, 3.05) is 13.2 Å². The molecule has 2 rings (SSSR count).